The molecule has 1 amide bonds. The number of carbonyl (C=O) groups is 1. The molecule has 1 aromatic rings. The number of allylic oxidation sites excluding steroid dienone is 1. The Labute approximate surface area is 108 Å². The van der Waals surface area contributed by atoms with Gasteiger partial charge in [0.25, 0.3) is 5.91 Å². The number of aliphatic imine (C=N–C) groups is 1. The minimum Gasteiger partial charge on any atom is -0.343 e. The summed E-state index contributed by atoms with van der Waals surface area (Å²) >= 11 is 0. The van der Waals surface area contributed by atoms with Crippen molar-refractivity contribution < 1.29 is 4.79 Å². The van der Waals surface area contributed by atoms with Crippen LogP contribution in [0.4, 0.5) is 0 Å². The molecular formula is C14H19N3O. The van der Waals surface area contributed by atoms with Crippen LogP contribution in [0.5, 0.6) is 0 Å². The van der Waals surface area contributed by atoms with Crippen molar-refractivity contribution in [1.29, 1.82) is 0 Å². The summed E-state index contributed by atoms with van der Waals surface area (Å²) in [7, 11) is 0. The van der Waals surface area contributed by atoms with E-state index in [2.05, 4.69) is 10.3 Å². The Morgan fingerprint density at radius 2 is 2.06 bits per heavy atom. The second-order valence-corrected chi connectivity index (χ2v) is 3.73. The quantitative estimate of drug-likeness (QED) is 0.613. The van der Waals surface area contributed by atoms with Gasteiger partial charge in [0.15, 0.2) is 0 Å². The molecule has 0 aliphatic rings. The smallest absolute Gasteiger partial charge is 0.270 e. The minimum absolute atomic E-state index is 0.194. The summed E-state index contributed by atoms with van der Waals surface area (Å²) in [4.78, 5) is 16.0. The Hall–Kier alpha value is -1.94. The second-order valence-electron chi connectivity index (χ2n) is 3.73. The Kier molecular flexibility index (Phi) is 5.80. The first-order valence-electron chi connectivity index (χ1n) is 5.93. The molecule has 0 radical (unpaired) electrons. The average Bonchev–Trinajstić information content (AvgIpc) is 2.42. The average molecular weight is 245 g/mol. The van der Waals surface area contributed by atoms with Crippen molar-refractivity contribution in [3.05, 3.63) is 47.7 Å². The summed E-state index contributed by atoms with van der Waals surface area (Å²) in [6.45, 7) is 3.90. The molecule has 0 fully saturated rings. The van der Waals surface area contributed by atoms with Gasteiger partial charge >= 0.3 is 0 Å². The van der Waals surface area contributed by atoms with Crippen LogP contribution in [0.15, 0.2) is 47.1 Å². The van der Waals surface area contributed by atoms with Crippen molar-refractivity contribution in [1.82, 2.24) is 5.32 Å². The maximum Gasteiger partial charge on any atom is 0.270 e. The lowest BCUT2D eigenvalue weighted by atomic mass is 10.1. The van der Waals surface area contributed by atoms with Crippen LogP contribution in [0.2, 0.25) is 0 Å². The zero-order valence-electron chi connectivity index (χ0n) is 10.8. The molecule has 0 aliphatic heterocycles. The van der Waals surface area contributed by atoms with Crippen LogP contribution in [0.25, 0.3) is 0 Å². The maximum atomic E-state index is 12.0. The highest BCUT2D eigenvalue weighted by Gasteiger charge is 2.14. The summed E-state index contributed by atoms with van der Waals surface area (Å²) in [6, 6.07) is 9.46. The monoisotopic (exact) mass is 245 g/mol. The lowest BCUT2D eigenvalue weighted by molar-refractivity contribution is -0.118. The Bertz CT molecular complexity index is 438. The van der Waals surface area contributed by atoms with E-state index in [0.717, 1.165) is 5.56 Å². The first-order valence-corrected chi connectivity index (χ1v) is 5.93. The second kappa shape index (κ2) is 7.40. The molecule has 0 saturated carbocycles. The number of hydrogen-bond acceptors (Lipinski definition) is 3. The van der Waals surface area contributed by atoms with Gasteiger partial charge in [-0.2, -0.15) is 0 Å². The number of nitrogens with one attached hydrogen (secondary N) is 1. The van der Waals surface area contributed by atoms with Crippen molar-refractivity contribution in [2.75, 3.05) is 6.54 Å². The lowest BCUT2D eigenvalue weighted by Crippen LogP contribution is -2.34. The standard InChI is InChI=1S/C14H19N3O/c1-3-12(16-4-2)14(18)17-13(10-15)11-8-6-5-7-9-11/h3-9,13H,10,15H2,1-2H3,(H,17,18)/b12-3-,16-4-. The Balaban J connectivity index is 2.79. The summed E-state index contributed by atoms with van der Waals surface area (Å²) in [5.41, 5.74) is 7.08. The van der Waals surface area contributed by atoms with Crippen molar-refractivity contribution >= 4 is 12.1 Å². The van der Waals surface area contributed by atoms with E-state index in [1.807, 2.05) is 30.3 Å². The highest BCUT2D eigenvalue weighted by Crippen LogP contribution is 2.11. The molecule has 1 aromatic carbocycles. The number of amides is 1. The molecule has 0 saturated heterocycles. The number of carbonyl (C=O) groups excluding carboxylic acids is 1. The maximum absolute atomic E-state index is 12.0. The zero-order chi connectivity index (χ0) is 13.4. The SMILES string of the molecule is C/C=N\C(=C/C)C(=O)NC(CN)c1ccccc1. The van der Waals surface area contributed by atoms with Gasteiger partial charge in [-0.15, -0.1) is 0 Å². The van der Waals surface area contributed by atoms with Gasteiger partial charge in [-0.05, 0) is 19.4 Å². The van der Waals surface area contributed by atoms with Crippen LogP contribution in [0, 0.1) is 0 Å². The minimum atomic E-state index is -0.213. The number of nitrogens with two attached hydrogens (primary N) is 1. The molecule has 4 heteroatoms. The number of benzene rings is 1. The third-order valence-electron chi connectivity index (χ3n) is 2.52. The molecule has 1 rings (SSSR count). The van der Waals surface area contributed by atoms with Gasteiger partial charge in [0.1, 0.15) is 5.70 Å². The highest BCUT2D eigenvalue weighted by atomic mass is 16.2. The van der Waals surface area contributed by atoms with Gasteiger partial charge in [0, 0.05) is 12.8 Å². The van der Waals surface area contributed by atoms with Gasteiger partial charge in [-0.3, -0.25) is 9.79 Å². The number of rotatable bonds is 5. The fraction of sp³-hybridized carbons (Fsp3) is 0.286. The van der Waals surface area contributed by atoms with Gasteiger partial charge in [0.2, 0.25) is 0 Å². The van der Waals surface area contributed by atoms with Gasteiger partial charge < -0.3 is 11.1 Å². The molecule has 3 N–H and O–H groups in total. The van der Waals surface area contributed by atoms with Crippen LogP contribution in [-0.2, 0) is 4.79 Å². The summed E-state index contributed by atoms with van der Waals surface area (Å²) < 4.78 is 0. The van der Waals surface area contributed by atoms with Crippen LogP contribution >= 0.6 is 0 Å². The van der Waals surface area contributed by atoms with E-state index in [4.69, 9.17) is 5.73 Å². The normalized spacial score (nSPS) is 13.6. The highest BCUT2D eigenvalue weighted by molar-refractivity contribution is 5.94. The molecule has 1 atom stereocenters. The fourth-order valence-electron chi connectivity index (χ4n) is 1.60. The molecule has 0 aliphatic carbocycles. The van der Waals surface area contributed by atoms with Crippen molar-refractivity contribution in [3.8, 4) is 0 Å². The molecule has 0 aromatic heterocycles. The van der Waals surface area contributed by atoms with E-state index in [9.17, 15) is 4.79 Å². The van der Waals surface area contributed by atoms with E-state index >= 15 is 0 Å². The van der Waals surface area contributed by atoms with Crippen LogP contribution < -0.4 is 11.1 Å². The molecule has 1 unspecified atom stereocenters. The van der Waals surface area contributed by atoms with E-state index in [1.165, 1.54) is 0 Å². The fourth-order valence-corrected chi connectivity index (χ4v) is 1.60. The molecule has 0 bridgehead atoms. The predicted octanol–water partition coefficient (Wildman–Crippen LogP) is 1.80. The molecule has 0 heterocycles. The van der Waals surface area contributed by atoms with Crippen LogP contribution in [0.1, 0.15) is 25.5 Å². The van der Waals surface area contributed by atoms with Gasteiger partial charge in [0.05, 0.1) is 6.04 Å². The molecule has 18 heavy (non-hydrogen) atoms. The van der Waals surface area contributed by atoms with Crippen molar-refractivity contribution in [2.45, 2.75) is 19.9 Å². The summed E-state index contributed by atoms with van der Waals surface area (Å²) in [6.07, 6.45) is 3.27. The van der Waals surface area contributed by atoms with E-state index in [1.54, 1.807) is 26.1 Å². The number of hydrogen-bond donors (Lipinski definition) is 2. The number of nitrogens with zero attached hydrogens (tertiary/aromatic N) is 1. The van der Waals surface area contributed by atoms with Gasteiger partial charge in [-0.1, -0.05) is 36.4 Å². The Morgan fingerprint density at radius 1 is 1.39 bits per heavy atom. The molecule has 0 spiro atoms. The molecular weight excluding hydrogens is 226 g/mol. The zero-order valence-corrected chi connectivity index (χ0v) is 10.8. The summed E-state index contributed by atoms with van der Waals surface area (Å²) in [5, 5.41) is 2.87. The molecule has 96 valence electrons. The molecule has 4 nitrogen and oxygen atoms in total. The van der Waals surface area contributed by atoms with E-state index in [0.29, 0.717) is 12.2 Å². The third-order valence-corrected chi connectivity index (χ3v) is 2.52. The summed E-state index contributed by atoms with van der Waals surface area (Å²) in [5.74, 6) is -0.213. The predicted molar refractivity (Wildman–Crippen MR) is 74.3 cm³/mol. The van der Waals surface area contributed by atoms with Crippen molar-refractivity contribution in [2.24, 2.45) is 10.7 Å². The first-order chi connectivity index (χ1) is 8.72. The first kappa shape index (κ1) is 14.1. The van der Waals surface area contributed by atoms with E-state index < -0.39 is 0 Å². The van der Waals surface area contributed by atoms with Crippen LogP contribution in [0.3, 0.4) is 0 Å². The van der Waals surface area contributed by atoms with E-state index in [-0.39, 0.29) is 11.9 Å². The third kappa shape index (κ3) is 3.82. The largest absolute Gasteiger partial charge is 0.343 e. The van der Waals surface area contributed by atoms with Crippen LogP contribution in [-0.4, -0.2) is 18.7 Å². The topological polar surface area (TPSA) is 67.5 Å². The Morgan fingerprint density at radius 3 is 2.56 bits per heavy atom. The van der Waals surface area contributed by atoms with Gasteiger partial charge in [-0.25, -0.2) is 0 Å². The van der Waals surface area contributed by atoms with Crippen molar-refractivity contribution in [3.63, 3.8) is 0 Å². The lowest BCUT2D eigenvalue weighted by Gasteiger charge is -2.17.